The van der Waals surface area contributed by atoms with Gasteiger partial charge < -0.3 is 11.1 Å². The Morgan fingerprint density at radius 2 is 2.11 bits per heavy atom. The van der Waals surface area contributed by atoms with Crippen LogP contribution in [0.2, 0.25) is 0 Å². The van der Waals surface area contributed by atoms with Crippen LogP contribution in [0.3, 0.4) is 0 Å². The summed E-state index contributed by atoms with van der Waals surface area (Å²) < 4.78 is 0. The van der Waals surface area contributed by atoms with Crippen LogP contribution in [-0.4, -0.2) is 17.4 Å². The second kappa shape index (κ2) is 6.33. The van der Waals surface area contributed by atoms with Crippen LogP contribution >= 0.6 is 11.3 Å². The maximum atomic E-state index is 11.7. The zero-order valence-corrected chi connectivity index (χ0v) is 11.7. The second-order valence-electron chi connectivity index (χ2n) is 4.38. The van der Waals surface area contributed by atoms with Crippen molar-refractivity contribution in [2.75, 3.05) is 12.3 Å². The Balaban J connectivity index is 1.73. The number of nitrogens with one attached hydrogen (secondary N) is 1. The third-order valence-electron chi connectivity index (χ3n) is 2.72. The minimum Gasteiger partial charge on any atom is -0.399 e. The van der Waals surface area contributed by atoms with Crippen LogP contribution in [0.5, 0.6) is 0 Å². The van der Waals surface area contributed by atoms with Gasteiger partial charge in [0.2, 0.25) is 5.91 Å². The fourth-order valence-electron chi connectivity index (χ4n) is 1.75. The van der Waals surface area contributed by atoms with Gasteiger partial charge in [0.05, 0.1) is 17.1 Å². The molecular weight excluding hydrogens is 258 g/mol. The van der Waals surface area contributed by atoms with Gasteiger partial charge in [0, 0.05) is 17.6 Å². The summed E-state index contributed by atoms with van der Waals surface area (Å²) in [6.45, 7) is 2.57. The van der Waals surface area contributed by atoms with E-state index in [1.807, 2.05) is 36.6 Å². The predicted octanol–water partition coefficient (Wildman–Crippen LogP) is 1.94. The van der Waals surface area contributed by atoms with Gasteiger partial charge in [-0.1, -0.05) is 12.1 Å². The molecule has 0 aliphatic rings. The average molecular weight is 275 g/mol. The average Bonchev–Trinajstić information content (AvgIpc) is 2.77. The molecule has 2 rings (SSSR count). The molecule has 1 aromatic carbocycles. The minimum atomic E-state index is 0.0146. The molecule has 0 fully saturated rings. The van der Waals surface area contributed by atoms with Gasteiger partial charge in [0.25, 0.3) is 0 Å². The first-order chi connectivity index (χ1) is 9.13. The number of nitrogens with two attached hydrogens (primary N) is 1. The second-order valence-corrected chi connectivity index (χ2v) is 5.44. The standard InChI is InChI=1S/C14H17N3OS/c1-10-17-13(9-19-10)8-14(18)16-7-6-11-2-4-12(15)5-3-11/h2-5,9H,6-8,15H2,1H3,(H,16,18). The quantitative estimate of drug-likeness (QED) is 0.819. The summed E-state index contributed by atoms with van der Waals surface area (Å²) in [4.78, 5) is 16.0. The summed E-state index contributed by atoms with van der Waals surface area (Å²) in [7, 11) is 0. The Kier molecular flexibility index (Phi) is 4.52. The predicted molar refractivity (Wildman–Crippen MR) is 78.1 cm³/mol. The van der Waals surface area contributed by atoms with Crippen LogP contribution in [0.15, 0.2) is 29.6 Å². The number of nitrogens with zero attached hydrogens (tertiary/aromatic N) is 1. The molecular formula is C14H17N3OS. The van der Waals surface area contributed by atoms with Crippen molar-refractivity contribution in [2.24, 2.45) is 0 Å². The van der Waals surface area contributed by atoms with Crippen molar-refractivity contribution in [3.8, 4) is 0 Å². The molecule has 1 amide bonds. The first-order valence-electron chi connectivity index (χ1n) is 6.15. The van der Waals surface area contributed by atoms with Crippen molar-refractivity contribution in [1.29, 1.82) is 0 Å². The summed E-state index contributed by atoms with van der Waals surface area (Å²) in [5, 5.41) is 5.81. The highest BCUT2D eigenvalue weighted by atomic mass is 32.1. The highest BCUT2D eigenvalue weighted by Gasteiger charge is 2.05. The lowest BCUT2D eigenvalue weighted by atomic mass is 10.1. The number of benzene rings is 1. The minimum absolute atomic E-state index is 0.0146. The SMILES string of the molecule is Cc1nc(CC(=O)NCCc2ccc(N)cc2)cs1. The van der Waals surface area contributed by atoms with E-state index >= 15 is 0 Å². The maximum absolute atomic E-state index is 11.7. The Morgan fingerprint density at radius 3 is 2.74 bits per heavy atom. The van der Waals surface area contributed by atoms with E-state index in [9.17, 15) is 4.79 Å². The van der Waals surface area contributed by atoms with Crippen molar-refractivity contribution >= 4 is 22.9 Å². The van der Waals surface area contributed by atoms with Gasteiger partial charge in [0.1, 0.15) is 0 Å². The Morgan fingerprint density at radius 1 is 1.37 bits per heavy atom. The van der Waals surface area contributed by atoms with E-state index in [4.69, 9.17) is 5.73 Å². The van der Waals surface area contributed by atoms with E-state index < -0.39 is 0 Å². The van der Waals surface area contributed by atoms with Crippen LogP contribution in [-0.2, 0) is 17.6 Å². The molecule has 0 aliphatic carbocycles. The molecule has 0 aliphatic heterocycles. The molecule has 19 heavy (non-hydrogen) atoms. The van der Waals surface area contributed by atoms with Crippen LogP contribution in [0, 0.1) is 6.92 Å². The summed E-state index contributed by atoms with van der Waals surface area (Å²) in [5.41, 5.74) is 8.38. The van der Waals surface area contributed by atoms with E-state index in [1.54, 1.807) is 11.3 Å². The van der Waals surface area contributed by atoms with E-state index in [2.05, 4.69) is 10.3 Å². The number of aromatic nitrogens is 1. The van der Waals surface area contributed by atoms with Crippen LogP contribution in [0.1, 0.15) is 16.3 Å². The van der Waals surface area contributed by atoms with E-state index in [0.717, 1.165) is 22.8 Å². The fraction of sp³-hybridized carbons (Fsp3) is 0.286. The zero-order chi connectivity index (χ0) is 13.7. The number of anilines is 1. The van der Waals surface area contributed by atoms with Crippen LogP contribution < -0.4 is 11.1 Å². The van der Waals surface area contributed by atoms with Crippen LogP contribution in [0.25, 0.3) is 0 Å². The number of hydrogen-bond acceptors (Lipinski definition) is 4. The lowest BCUT2D eigenvalue weighted by Gasteiger charge is -2.04. The number of amides is 1. The summed E-state index contributed by atoms with van der Waals surface area (Å²) in [5.74, 6) is 0.0146. The van der Waals surface area contributed by atoms with Crippen molar-refractivity contribution in [2.45, 2.75) is 19.8 Å². The van der Waals surface area contributed by atoms with Gasteiger partial charge in [-0.15, -0.1) is 11.3 Å². The number of carbonyl (C=O) groups excluding carboxylic acids is 1. The Labute approximate surface area is 116 Å². The third-order valence-corrected chi connectivity index (χ3v) is 3.55. The maximum Gasteiger partial charge on any atom is 0.226 e. The van der Waals surface area contributed by atoms with Crippen molar-refractivity contribution in [3.05, 3.63) is 45.9 Å². The van der Waals surface area contributed by atoms with E-state index in [-0.39, 0.29) is 5.91 Å². The van der Waals surface area contributed by atoms with Gasteiger partial charge in [-0.3, -0.25) is 4.79 Å². The number of nitrogen functional groups attached to an aromatic ring is 1. The lowest BCUT2D eigenvalue weighted by molar-refractivity contribution is -0.120. The van der Waals surface area contributed by atoms with Crippen LogP contribution in [0.4, 0.5) is 5.69 Å². The Hall–Kier alpha value is -1.88. The highest BCUT2D eigenvalue weighted by molar-refractivity contribution is 7.09. The molecule has 0 spiro atoms. The fourth-order valence-corrected chi connectivity index (χ4v) is 2.36. The smallest absolute Gasteiger partial charge is 0.226 e. The van der Waals surface area contributed by atoms with Gasteiger partial charge in [-0.25, -0.2) is 4.98 Å². The molecule has 2 aromatic rings. The highest BCUT2D eigenvalue weighted by Crippen LogP contribution is 2.08. The monoisotopic (exact) mass is 275 g/mol. The topological polar surface area (TPSA) is 68.0 Å². The molecule has 1 aromatic heterocycles. The summed E-state index contributed by atoms with van der Waals surface area (Å²) >= 11 is 1.57. The van der Waals surface area contributed by atoms with Gasteiger partial charge in [-0.05, 0) is 31.0 Å². The number of rotatable bonds is 5. The van der Waals surface area contributed by atoms with E-state index in [1.165, 1.54) is 5.56 Å². The molecule has 0 atom stereocenters. The largest absolute Gasteiger partial charge is 0.399 e. The molecule has 1 heterocycles. The number of carbonyl (C=O) groups is 1. The molecule has 0 radical (unpaired) electrons. The first kappa shape index (κ1) is 13.5. The van der Waals surface area contributed by atoms with Gasteiger partial charge >= 0.3 is 0 Å². The van der Waals surface area contributed by atoms with Crippen molar-refractivity contribution in [3.63, 3.8) is 0 Å². The molecule has 3 N–H and O–H groups in total. The summed E-state index contributed by atoms with van der Waals surface area (Å²) in [6, 6.07) is 7.70. The van der Waals surface area contributed by atoms with Gasteiger partial charge in [0.15, 0.2) is 0 Å². The molecule has 0 bridgehead atoms. The molecule has 0 unspecified atom stereocenters. The van der Waals surface area contributed by atoms with E-state index in [0.29, 0.717) is 13.0 Å². The normalized spacial score (nSPS) is 10.4. The molecule has 100 valence electrons. The molecule has 5 heteroatoms. The summed E-state index contributed by atoms with van der Waals surface area (Å²) in [6.07, 6.45) is 1.16. The lowest BCUT2D eigenvalue weighted by Crippen LogP contribution is -2.27. The number of aryl methyl sites for hydroxylation is 1. The zero-order valence-electron chi connectivity index (χ0n) is 10.8. The number of hydrogen-bond donors (Lipinski definition) is 2. The molecule has 4 nitrogen and oxygen atoms in total. The number of thiazole rings is 1. The third kappa shape index (κ3) is 4.37. The first-order valence-corrected chi connectivity index (χ1v) is 7.03. The molecule has 0 saturated carbocycles. The van der Waals surface area contributed by atoms with Crippen molar-refractivity contribution in [1.82, 2.24) is 10.3 Å². The Bertz CT molecular complexity index is 548. The van der Waals surface area contributed by atoms with Crippen molar-refractivity contribution < 1.29 is 4.79 Å². The molecule has 0 saturated heterocycles. The van der Waals surface area contributed by atoms with Gasteiger partial charge in [-0.2, -0.15) is 0 Å².